The Hall–Kier alpha value is -4.57. The van der Waals surface area contributed by atoms with E-state index in [9.17, 15) is 18.0 Å². The van der Waals surface area contributed by atoms with Crippen molar-refractivity contribution in [3.05, 3.63) is 108 Å². The average molecular weight is 502 g/mol. The lowest BCUT2D eigenvalue weighted by Crippen LogP contribution is -2.16. The lowest BCUT2D eigenvalue weighted by molar-refractivity contribution is -0.115. The summed E-state index contributed by atoms with van der Waals surface area (Å²) < 4.78 is 27.5. The number of aromatic nitrogens is 2. The second-order valence-electron chi connectivity index (χ2n) is 7.89. The van der Waals surface area contributed by atoms with Crippen LogP contribution in [0.15, 0.2) is 96.0 Å². The monoisotopic (exact) mass is 501 g/mol. The summed E-state index contributed by atoms with van der Waals surface area (Å²) in [7, 11) is -3.88. The lowest BCUT2D eigenvalue weighted by Gasteiger charge is -2.09. The minimum Gasteiger partial charge on any atom is -0.326 e. The summed E-state index contributed by atoms with van der Waals surface area (Å²) in [5.74, 6) is -0.553. The van der Waals surface area contributed by atoms with Gasteiger partial charge in [-0.1, -0.05) is 30.3 Å². The maximum absolute atomic E-state index is 12.6. The molecule has 0 aliphatic rings. The first-order chi connectivity index (χ1) is 17.3. The summed E-state index contributed by atoms with van der Waals surface area (Å²) in [6.07, 6.45) is 1.71. The molecule has 0 bridgehead atoms. The Bertz CT molecular complexity index is 1470. The number of hydrogen-bond acceptors (Lipinski definition) is 6. The van der Waals surface area contributed by atoms with Crippen LogP contribution in [0.5, 0.6) is 0 Å². The van der Waals surface area contributed by atoms with Gasteiger partial charge >= 0.3 is 0 Å². The van der Waals surface area contributed by atoms with Crippen LogP contribution in [-0.2, 0) is 21.2 Å². The van der Waals surface area contributed by atoms with E-state index < -0.39 is 10.0 Å². The van der Waals surface area contributed by atoms with E-state index in [2.05, 4.69) is 25.3 Å². The van der Waals surface area contributed by atoms with Gasteiger partial charge < -0.3 is 10.6 Å². The molecule has 1 aromatic heterocycles. The molecule has 0 saturated heterocycles. The van der Waals surface area contributed by atoms with Gasteiger partial charge in [-0.25, -0.2) is 23.1 Å². The van der Waals surface area contributed by atoms with E-state index in [1.165, 1.54) is 30.5 Å². The number of aryl methyl sites for hydroxylation is 1. The summed E-state index contributed by atoms with van der Waals surface area (Å²) in [5, 5.41) is 5.53. The van der Waals surface area contributed by atoms with Gasteiger partial charge in [0.25, 0.3) is 15.9 Å². The molecule has 3 N–H and O–H groups in total. The largest absolute Gasteiger partial charge is 0.326 e. The Kier molecular flexibility index (Phi) is 7.36. The third-order valence-electron chi connectivity index (χ3n) is 5.08. The molecule has 0 aliphatic heterocycles. The Morgan fingerprint density at radius 1 is 0.806 bits per heavy atom. The highest BCUT2D eigenvalue weighted by Gasteiger charge is 2.16. The molecule has 0 atom stereocenters. The summed E-state index contributed by atoms with van der Waals surface area (Å²) in [6.45, 7) is 1.73. The molecular formula is C26H23N5O4S. The number of nitrogens with zero attached hydrogens (tertiary/aromatic N) is 2. The van der Waals surface area contributed by atoms with Crippen molar-refractivity contribution in [2.24, 2.45) is 0 Å². The average Bonchev–Trinajstić information content (AvgIpc) is 2.85. The Balaban J connectivity index is 1.34. The Labute approximate surface area is 208 Å². The molecular weight excluding hydrogens is 478 g/mol. The van der Waals surface area contributed by atoms with Crippen molar-refractivity contribution < 1.29 is 18.0 Å². The fourth-order valence-electron chi connectivity index (χ4n) is 3.29. The van der Waals surface area contributed by atoms with Gasteiger partial charge in [-0.15, -0.1) is 0 Å². The van der Waals surface area contributed by atoms with Gasteiger partial charge in [0.2, 0.25) is 11.9 Å². The van der Waals surface area contributed by atoms with E-state index in [0.29, 0.717) is 22.6 Å². The molecule has 36 heavy (non-hydrogen) atoms. The second kappa shape index (κ2) is 10.8. The summed E-state index contributed by atoms with van der Waals surface area (Å²) in [5.41, 5.74) is 2.91. The molecule has 0 aliphatic carbocycles. The number of sulfonamides is 1. The topological polar surface area (TPSA) is 130 Å². The third kappa shape index (κ3) is 6.51. The van der Waals surface area contributed by atoms with E-state index in [1.54, 1.807) is 37.3 Å². The van der Waals surface area contributed by atoms with Crippen LogP contribution in [0.1, 0.15) is 21.6 Å². The van der Waals surface area contributed by atoms with E-state index in [4.69, 9.17) is 0 Å². The van der Waals surface area contributed by atoms with Crippen LogP contribution in [0.25, 0.3) is 0 Å². The number of carbonyl (C=O) groups is 2. The van der Waals surface area contributed by atoms with Crippen LogP contribution in [-0.4, -0.2) is 30.2 Å². The fraction of sp³-hybridized carbons (Fsp3) is 0.0769. The van der Waals surface area contributed by atoms with Crippen molar-refractivity contribution in [3.8, 4) is 0 Å². The van der Waals surface area contributed by atoms with E-state index >= 15 is 0 Å². The zero-order chi connectivity index (χ0) is 25.5. The van der Waals surface area contributed by atoms with Crippen molar-refractivity contribution in [2.45, 2.75) is 18.2 Å². The van der Waals surface area contributed by atoms with Crippen LogP contribution < -0.4 is 15.4 Å². The first kappa shape index (κ1) is 24.6. The Morgan fingerprint density at radius 2 is 1.44 bits per heavy atom. The van der Waals surface area contributed by atoms with Crippen LogP contribution >= 0.6 is 0 Å². The molecule has 4 rings (SSSR count). The van der Waals surface area contributed by atoms with Gasteiger partial charge in [0.1, 0.15) is 0 Å². The number of carbonyl (C=O) groups excluding carboxylic acids is 2. The minimum atomic E-state index is -3.88. The number of nitrogens with one attached hydrogen (secondary N) is 3. The fourth-order valence-corrected chi connectivity index (χ4v) is 4.24. The highest BCUT2D eigenvalue weighted by atomic mass is 32.2. The molecule has 3 aromatic carbocycles. The van der Waals surface area contributed by atoms with Crippen LogP contribution in [0.3, 0.4) is 0 Å². The molecule has 9 nitrogen and oxygen atoms in total. The van der Waals surface area contributed by atoms with Crippen LogP contribution in [0.4, 0.5) is 17.3 Å². The van der Waals surface area contributed by atoms with Crippen LogP contribution in [0, 0.1) is 6.92 Å². The van der Waals surface area contributed by atoms with Crippen molar-refractivity contribution in [3.63, 3.8) is 0 Å². The third-order valence-corrected chi connectivity index (χ3v) is 6.43. The summed E-state index contributed by atoms with van der Waals surface area (Å²) >= 11 is 0. The molecule has 0 radical (unpaired) electrons. The van der Waals surface area contributed by atoms with Gasteiger partial charge in [-0.05, 0) is 67.1 Å². The van der Waals surface area contributed by atoms with E-state index in [1.807, 2.05) is 30.3 Å². The quantitative estimate of drug-likeness (QED) is 0.334. The predicted octanol–water partition coefficient (Wildman–Crippen LogP) is 4.02. The minimum absolute atomic E-state index is 0.00111. The smallest absolute Gasteiger partial charge is 0.264 e. The van der Waals surface area contributed by atoms with Crippen molar-refractivity contribution in [1.29, 1.82) is 0 Å². The van der Waals surface area contributed by atoms with Gasteiger partial charge in [0.05, 0.1) is 11.3 Å². The molecule has 4 aromatic rings. The van der Waals surface area contributed by atoms with Gasteiger partial charge in [0.15, 0.2) is 0 Å². The van der Waals surface area contributed by atoms with Gasteiger partial charge in [0, 0.05) is 28.8 Å². The van der Waals surface area contributed by atoms with Crippen LogP contribution in [0.2, 0.25) is 0 Å². The first-order valence-electron chi connectivity index (χ1n) is 11.0. The van der Waals surface area contributed by atoms with Crippen molar-refractivity contribution in [1.82, 2.24) is 9.97 Å². The highest BCUT2D eigenvalue weighted by molar-refractivity contribution is 7.92. The molecule has 0 saturated carbocycles. The zero-order valence-corrected chi connectivity index (χ0v) is 20.1. The van der Waals surface area contributed by atoms with Crippen molar-refractivity contribution >= 4 is 39.2 Å². The molecule has 1 heterocycles. The molecule has 0 fully saturated rings. The van der Waals surface area contributed by atoms with E-state index in [0.717, 1.165) is 5.56 Å². The lowest BCUT2D eigenvalue weighted by atomic mass is 10.1. The molecule has 10 heteroatoms. The number of anilines is 3. The molecule has 2 amide bonds. The summed E-state index contributed by atoms with van der Waals surface area (Å²) in [4.78, 5) is 32.7. The number of rotatable bonds is 8. The maximum atomic E-state index is 12.6. The number of amides is 2. The number of hydrogen-bond donors (Lipinski definition) is 3. The molecule has 182 valence electrons. The Morgan fingerprint density at radius 3 is 2.11 bits per heavy atom. The predicted molar refractivity (Wildman–Crippen MR) is 137 cm³/mol. The SMILES string of the molecule is Cc1ccnc(NS(=O)(=O)c2ccc(NC(=O)c3ccc(NC(=O)Cc4ccccc4)cc3)cc2)n1. The normalized spacial score (nSPS) is 10.9. The standard InChI is InChI=1S/C26H23N5O4S/c1-18-15-16-27-26(28-18)31-36(34,35)23-13-11-22(12-14-23)30-25(33)20-7-9-21(10-8-20)29-24(32)17-19-5-3-2-4-6-19/h2-16H,17H2,1H3,(H,29,32)(H,30,33)(H,27,28,31). The van der Waals surface area contributed by atoms with Gasteiger partial charge in [-0.2, -0.15) is 0 Å². The highest BCUT2D eigenvalue weighted by Crippen LogP contribution is 2.18. The van der Waals surface area contributed by atoms with Crippen molar-refractivity contribution in [2.75, 3.05) is 15.4 Å². The molecule has 0 unspecified atom stereocenters. The maximum Gasteiger partial charge on any atom is 0.264 e. The molecule has 0 spiro atoms. The van der Waals surface area contributed by atoms with Gasteiger partial charge in [-0.3, -0.25) is 9.59 Å². The zero-order valence-electron chi connectivity index (χ0n) is 19.3. The summed E-state index contributed by atoms with van der Waals surface area (Å²) in [6, 6.07) is 23.3. The van der Waals surface area contributed by atoms with E-state index in [-0.39, 0.29) is 29.1 Å². The second-order valence-corrected chi connectivity index (χ2v) is 9.58. The number of benzene rings is 3. The first-order valence-corrected chi connectivity index (χ1v) is 12.4.